The Balaban J connectivity index is 1.65. The van der Waals surface area contributed by atoms with E-state index in [1.165, 1.54) is 44.9 Å². The van der Waals surface area contributed by atoms with Crippen LogP contribution in [0.4, 0.5) is 0 Å². The lowest BCUT2D eigenvalue weighted by Crippen LogP contribution is -2.46. The van der Waals surface area contributed by atoms with E-state index in [9.17, 15) is 5.11 Å². The second kappa shape index (κ2) is 6.38. The van der Waals surface area contributed by atoms with Crippen LogP contribution in [0.25, 0.3) is 0 Å². The van der Waals surface area contributed by atoms with E-state index < -0.39 is 5.60 Å². The van der Waals surface area contributed by atoms with Crippen molar-refractivity contribution in [3.63, 3.8) is 0 Å². The van der Waals surface area contributed by atoms with Gasteiger partial charge in [0.15, 0.2) is 0 Å². The van der Waals surface area contributed by atoms with Crippen molar-refractivity contribution in [1.29, 1.82) is 0 Å². The Morgan fingerprint density at radius 3 is 2.33 bits per heavy atom. The fourth-order valence-corrected chi connectivity index (χ4v) is 3.48. The third-order valence-corrected chi connectivity index (χ3v) is 5.30. The van der Waals surface area contributed by atoms with Crippen molar-refractivity contribution in [2.75, 3.05) is 6.54 Å². The number of aliphatic hydroxyl groups is 1. The topological polar surface area (TPSA) is 32.3 Å². The Hall–Kier alpha value is -0.0800. The molecular weight excluding hydrogens is 222 g/mol. The lowest BCUT2D eigenvalue weighted by atomic mass is 9.77. The van der Waals surface area contributed by atoms with E-state index in [1.807, 2.05) is 0 Å². The number of hydrogen-bond acceptors (Lipinski definition) is 2. The van der Waals surface area contributed by atoms with Gasteiger partial charge in [-0.3, -0.25) is 0 Å². The van der Waals surface area contributed by atoms with E-state index in [1.54, 1.807) is 0 Å². The molecule has 2 rings (SSSR count). The van der Waals surface area contributed by atoms with Crippen LogP contribution in [0, 0.1) is 11.8 Å². The van der Waals surface area contributed by atoms with Crippen LogP contribution in [0.1, 0.15) is 71.6 Å². The summed E-state index contributed by atoms with van der Waals surface area (Å²) in [5, 5.41) is 14.2. The molecule has 0 heterocycles. The predicted octanol–water partition coefficient (Wildman–Crippen LogP) is 3.49. The van der Waals surface area contributed by atoms with Crippen molar-refractivity contribution in [2.24, 2.45) is 11.8 Å². The van der Waals surface area contributed by atoms with Gasteiger partial charge in [-0.05, 0) is 50.9 Å². The van der Waals surface area contributed by atoms with E-state index in [2.05, 4.69) is 19.2 Å². The van der Waals surface area contributed by atoms with Gasteiger partial charge in [0.1, 0.15) is 0 Å². The van der Waals surface area contributed by atoms with Crippen LogP contribution in [0.2, 0.25) is 0 Å². The first-order valence-electron chi connectivity index (χ1n) is 8.07. The molecule has 0 aliphatic heterocycles. The van der Waals surface area contributed by atoms with Crippen LogP contribution < -0.4 is 5.32 Å². The molecule has 0 spiro atoms. The first-order valence-corrected chi connectivity index (χ1v) is 8.07. The first kappa shape index (κ1) is 14.3. The van der Waals surface area contributed by atoms with Gasteiger partial charge in [-0.15, -0.1) is 0 Å². The monoisotopic (exact) mass is 253 g/mol. The van der Waals surface area contributed by atoms with E-state index in [0.717, 1.165) is 31.2 Å². The second-order valence-corrected chi connectivity index (χ2v) is 6.89. The van der Waals surface area contributed by atoms with Gasteiger partial charge in [0.05, 0.1) is 5.60 Å². The van der Waals surface area contributed by atoms with Crippen molar-refractivity contribution >= 4 is 0 Å². The predicted molar refractivity (Wildman–Crippen MR) is 76.6 cm³/mol. The minimum Gasteiger partial charge on any atom is -0.389 e. The molecule has 2 saturated carbocycles. The zero-order valence-electron chi connectivity index (χ0n) is 12.3. The molecule has 0 aromatic carbocycles. The molecule has 0 aromatic heterocycles. The van der Waals surface area contributed by atoms with Crippen LogP contribution in [-0.4, -0.2) is 23.3 Å². The number of nitrogens with one attached hydrogen (secondary N) is 1. The lowest BCUT2D eigenvalue weighted by molar-refractivity contribution is -0.0110. The van der Waals surface area contributed by atoms with Gasteiger partial charge < -0.3 is 10.4 Å². The maximum atomic E-state index is 10.6. The summed E-state index contributed by atoms with van der Waals surface area (Å²) >= 11 is 0. The fraction of sp³-hybridized carbons (Fsp3) is 1.00. The normalized spacial score (nSPS) is 35.2. The zero-order chi connectivity index (χ0) is 13.0. The van der Waals surface area contributed by atoms with Crippen molar-refractivity contribution in [3.8, 4) is 0 Å². The highest BCUT2D eigenvalue weighted by Crippen LogP contribution is 2.34. The Bertz CT molecular complexity index is 241. The first-order chi connectivity index (χ1) is 8.61. The van der Waals surface area contributed by atoms with Gasteiger partial charge in [-0.1, -0.05) is 32.6 Å². The quantitative estimate of drug-likeness (QED) is 0.759. The van der Waals surface area contributed by atoms with Crippen LogP contribution in [0.5, 0.6) is 0 Å². The minimum absolute atomic E-state index is 0.417. The smallest absolute Gasteiger partial charge is 0.0771 e. The molecule has 2 nitrogen and oxygen atoms in total. The Labute approximate surface area is 113 Å². The third-order valence-electron chi connectivity index (χ3n) is 5.30. The summed E-state index contributed by atoms with van der Waals surface area (Å²) in [5.74, 6) is 1.82. The van der Waals surface area contributed by atoms with Gasteiger partial charge in [-0.25, -0.2) is 0 Å². The largest absolute Gasteiger partial charge is 0.389 e. The molecule has 2 heteroatoms. The van der Waals surface area contributed by atoms with Gasteiger partial charge in [0.25, 0.3) is 0 Å². The van der Waals surface area contributed by atoms with Crippen molar-refractivity contribution < 1.29 is 5.11 Å². The van der Waals surface area contributed by atoms with Gasteiger partial charge in [-0.2, -0.15) is 0 Å². The van der Waals surface area contributed by atoms with E-state index >= 15 is 0 Å². The van der Waals surface area contributed by atoms with Gasteiger partial charge in [0, 0.05) is 12.6 Å². The Morgan fingerprint density at radius 1 is 1.17 bits per heavy atom. The zero-order valence-corrected chi connectivity index (χ0v) is 12.3. The second-order valence-electron chi connectivity index (χ2n) is 6.89. The van der Waals surface area contributed by atoms with Crippen molar-refractivity contribution in [3.05, 3.63) is 0 Å². The summed E-state index contributed by atoms with van der Waals surface area (Å²) in [6, 6.07) is 0.572. The standard InChI is InChI=1S/C16H31NO/c1-3-14-7-9-16(18,10-8-14)12-17-13(2)11-15-5-4-6-15/h13-15,17-18H,3-12H2,1-2H3. The number of hydrogen-bond donors (Lipinski definition) is 2. The molecule has 0 saturated heterocycles. The van der Waals surface area contributed by atoms with E-state index in [4.69, 9.17) is 0 Å². The number of rotatable bonds is 6. The molecule has 2 aliphatic rings. The van der Waals surface area contributed by atoms with Crippen LogP contribution >= 0.6 is 0 Å². The summed E-state index contributed by atoms with van der Waals surface area (Å²) in [6.45, 7) is 5.35. The summed E-state index contributed by atoms with van der Waals surface area (Å²) < 4.78 is 0. The average Bonchev–Trinajstić information content (AvgIpc) is 2.33. The fourth-order valence-electron chi connectivity index (χ4n) is 3.48. The van der Waals surface area contributed by atoms with E-state index in [-0.39, 0.29) is 0 Å². The summed E-state index contributed by atoms with van der Waals surface area (Å²) in [6.07, 6.45) is 11.3. The molecule has 106 valence electrons. The molecule has 2 fully saturated rings. The molecule has 2 aliphatic carbocycles. The van der Waals surface area contributed by atoms with Gasteiger partial charge >= 0.3 is 0 Å². The third kappa shape index (κ3) is 3.96. The van der Waals surface area contributed by atoms with Crippen molar-refractivity contribution in [1.82, 2.24) is 5.32 Å². The Morgan fingerprint density at radius 2 is 1.83 bits per heavy atom. The van der Waals surface area contributed by atoms with Crippen LogP contribution in [-0.2, 0) is 0 Å². The average molecular weight is 253 g/mol. The highest BCUT2D eigenvalue weighted by molar-refractivity contribution is 4.88. The molecule has 0 aromatic rings. The molecule has 18 heavy (non-hydrogen) atoms. The summed E-state index contributed by atoms with van der Waals surface area (Å²) in [5.41, 5.74) is -0.417. The van der Waals surface area contributed by atoms with Crippen LogP contribution in [0.15, 0.2) is 0 Å². The van der Waals surface area contributed by atoms with Gasteiger partial charge in [0.2, 0.25) is 0 Å². The van der Waals surface area contributed by atoms with Crippen LogP contribution in [0.3, 0.4) is 0 Å². The molecule has 1 unspecified atom stereocenters. The molecule has 0 bridgehead atoms. The highest BCUT2D eigenvalue weighted by atomic mass is 16.3. The van der Waals surface area contributed by atoms with E-state index in [0.29, 0.717) is 6.04 Å². The Kier molecular flexibility index (Phi) is 5.08. The highest BCUT2D eigenvalue weighted by Gasteiger charge is 2.32. The summed E-state index contributed by atoms with van der Waals surface area (Å²) in [7, 11) is 0. The molecule has 0 radical (unpaired) electrons. The molecule has 1 atom stereocenters. The SMILES string of the molecule is CCC1CCC(O)(CNC(C)CC2CCC2)CC1. The molecule has 0 amide bonds. The lowest BCUT2D eigenvalue weighted by Gasteiger charge is -2.37. The minimum atomic E-state index is -0.417. The maximum Gasteiger partial charge on any atom is 0.0771 e. The maximum absolute atomic E-state index is 10.6. The molecular formula is C16H31NO. The summed E-state index contributed by atoms with van der Waals surface area (Å²) in [4.78, 5) is 0. The molecule has 2 N–H and O–H groups in total. The van der Waals surface area contributed by atoms with Crippen molar-refractivity contribution in [2.45, 2.75) is 83.3 Å².